The molecule has 3 heterocycles. The first-order valence-electron chi connectivity index (χ1n) is 8.87. The number of morpholine rings is 1. The molecule has 2 N–H and O–H groups in total. The molecule has 1 aromatic carbocycles. The minimum Gasteiger partial charge on any atom is -0.455 e. The van der Waals surface area contributed by atoms with Gasteiger partial charge in [-0.1, -0.05) is 0 Å². The van der Waals surface area contributed by atoms with Gasteiger partial charge in [0.25, 0.3) is 11.8 Å². The molecule has 9 nitrogen and oxygen atoms in total. The van der Waals surface area contributed by atoms with E-state index in [-0.39, 0.29) is 16.6 Å². The number of amides is 1. The quantitative estimate of drug-likeness (QED) is 0.443. The molecule has 0 bridgehead atoms. The van der Waals surface area contributed by atoms with Gasteiger partial charge in [0.1, 0.15) is 17.4 Å². The third kappa shape index (κ3) is 4.51. The Bertz CT molecular complexity index is 1030. The van der Waals surface area contributed by atoms with E-state index < -0.39 is 22.4 Å². The molecule has 0 saturated carbocycles. The number of hydrogen-bond acceptors (Lipinski definition) is 9. The van der Waals surface area contributed by atoms with E-state index in [0.717, 1.165) is 25.2 Å². The van der Waals surface area contributed by atoms with Crippen LogP contribution in [-0.2, 0) is 11.3 Å². The molecule has 158 valence electrons. The van der Waals surface area contributed by atoms with Crippen molar-refractivity contribution in [3.8, 4) is 11.7 Å². The van der Waals surface area contributed by atoms with E-state index in [1.165, 1.54) is 5.48 Å². The fourth-order valence-electron chi connectivity index (χ4n) is 2.85. The zero-order chi connectivity index (χ0) is 21.1. The first kappa shape index (κ1) is 20.5. The van der Waals surface area contributed by atoms with Gasteiger partial charge in [0, 0.05) is 18.7 Å². The van der Waals surface area contributed by atoms with Crippen LogP contribution in [0.2, 0.25) is 0 Å². The van der Waals surface area contributed by atoms with E-state index >= 15 is 0 Å². The maximum Gasteiger partial charge on any atom is 0.294 e. The van der Waals surface area contributed by atoms with Crippen molar-refractivity contribution in [1.29, 1.82) is 0 Å². The number of aromatic nitrogens is 2. The highest BCUT2D eigenvalue weighted by Gasteiger charge is 2.20. The SMILES string of the molecule is O=C(NO)c1cc(F)c(Sc2noc(-c3ccc(CN4CCOCC4)o3)n2)c(F)c1. The van der Waals surface area contributed by atoms with Crippen molar-refractivity contribution in [3.63, 3.8) is 0 Å². The van der Waals surface area contributed by atoms with Crippen LogP contribution in [0.4, 0.5) is 8.78 Å². The van der Waals surface area contributed by atoms with Crippen molar-refractivity contribution < 1.29 is 32.5 Å². The lowest BCUT2D eigenvalue weighted by molar-refractivity contribution is 0.0314. The first-order valence-corrected chi connectivity index (χ1v) is 9.69. The summed E-state index contributed by atoms with van der Waals surface area (Å²) in [7, 11) is 0. The minimum absolute atomic E-state index is 0.0340. The number of furan rings is 1. The maximum atomic E-state index is 14.2. The Balaban J connectivity index is 1.46. The molecule has 3 aromatic rings. The van der Waals surface area contributed by atoms with Crippen molar-refractivity contribution in [2.24, 2.45) is 0 Å². The standard InChI is InChI=1S/C18H16F2N4O5S/c19-12-7-10(16(25)22-26)8-13(20)15(12)30-18-21-17(29-23-18)14-2-1-11(28-14)9-24-3-5-27-6-4-24/h1-2,7-8,26H,3-6,9H2,(H,22,25). The predicted octanol–water partition coefficient (Wildman–Crippen LogP) is 2.71. The summed E-state index contributed by atoms with van der Waals surface area (Å²) in [6, 6.07) is 5.07. The third-order valence-corrected chi connectivity index (χ3v) is 5.26. The van der Waals surface area contributed by atoms with Crippen LogP contribution in [0.5, 0.6) is 0 Å². The van der Waals surface area contributed by atoms with E-state index in [9.17, 15) is 13.6 Å². The van der Waals surface area contributed by atoms with Crippen LogP contribution in [0.25, 0.3) is 11.7 Å². The first-order chi connectivity index (χ1) is 14.5. The number of hydrogen-bond donors (Lipinski definition) is 2. The summed E-state index contributed by atoms with van der Waals surface area (Å²) in [5, 5.41) is 12.3. The Hall–Kier alpha value is -2.80. The Morgan fingerprint density at radius 2 is 1.97 bits per heavy atom. The molecule has 0 aliphatic carbocycles. The fourth-order valence-corrected chi connectivity index (χ4v) is 3.55. The molecular formula is C18H16F2N4O5S. The van der Waals surface area contributed by atoms with E-state index in [1.807, 2.05) is 0 Å². The van der Waals surface area contributed by atoms with E-state index in [2.05, 4.69) is 15.0 Å². The number of carbonyl (C=O) groups is 1. The summed E-state index contributed by atoms with van der Waals surface area (Å²) in [4.78, 5) is 17.2. The van der Waals surface area contributed by atoms with Gasteiger partial charge in [-0.25, -0.2) is 14.3 Å². The van der Waals surface area contributed by atoms with Gasteiger partial charge in [-0.15, -0.1) is 0 Å². The summed E-state index contributed by atoms with van der Waals surface area (Å²) >= 11 is 0.596. The molecule has 12 heteroatoms. The molecule has 2 aromatic heterocycles. The maximum absolute atomic E-state index is 14.2. The number of nitrogens with zero attached hydrogens (tertiary/aromatic N) is 3. The van der Waals surface area contributed by atoms with Crippen LogP contribution in [0.15, 0.2) is 43.3 Å². The van der Waals surface area contributed by atoms with Gasteiger partial charge in [0.15, 0.2) is 5.76 Å². The Labute approximate surface area is 172 Å². The van der Waals surface area contributed by atoms with E-state index in [1.54, 1.807) is 12.1 Å². The molecule has 30 heavy (non-hydrogen) atoms. The molecular weight excluding hydrogens is 422 g/mol. The van der Waals surface area contributed by atoms with Crippen LogP contribution < -0.4 is 5.48 Å². The molecule has 1 fully saturated rings. The highest BCUT2D eigenvalue weighted by atomic mass is 32.2. The van der Waals surface area contributed by atoms with Gasteiger partial charge in [-0.05, 0) is 41.2 Å². The van der Waals surface area contributed by atoms with Gasteiger partial charge >= 0.3 is 0 Å². The summed E-state index contributed by atoms with van der Waals surface area (Å²) in [6.45, 7) is 3.59. The monoisotopic (exact) mass is 438 g/mol. The molecule has 1 saturated heterocycles. The molecule has 0 unspecified atom stereocenters. The van der Waals surface area contributed by atoms with Crippen LogP contribution in [-0.4, -0.2) is 52.5 Å². The Kier molecular flexibility index (Phi) is 6.08. The Morgan fingerprint density at radius 3 is 2.67 bits per heavy atom. The number of carbonyl (C=O) groups excluding carboxylic acids is 1. The topological polar surface area (TPSA) is 114 Å². The summed E-state index contributed by atoms with van der Waals surface area (Å²) in [6.07, 6.45) is 0. The smallest absolute Gasteiger partial charge is 0.294 e. The number of rotatable bonds is 6. The van der Waals surface area contributed by atoms with Crippen LogP contribution in [0.1, 0.15) is 16.1 Å². The predicted molar refractivity (Wildman–Crippen MR) is 97.8 cm³/mol. The zero-order valence-electron chi connectivity index (χ0n) is 15.4. The van der Waals surface area contributed by atoms with Crippen molar-refractivity contribution in [2.45, 2.75) is 16.6 Å². The lowest BCUT2D eigenvalue weighted by Crippen LogP contribution is -2.35. The highest BCUT2D eigenvalue weighted by molar-refractivity contribution is 7.99. The van der Waals surface area contributed by atoms with Crippen molar-refractivity contribution in [2.75, 3.05) is 26.3 Å². The van der Waals surface area contributed by atoms with Crippen molar-refractivity contribution >= 4 is 17.7 Å². The molecule has 1 aliphatic rings. The molecule has 1 amide bonds. The molecule has 4 rings (SSSR count). The average molecular weight is 438 g/mol. The summed E-state index contributed by atoms with van der Waals surface area (Å²) < 4.78 is 44.6. The third-order valence-electron chi connectivity index (χ3n) is 4.32. The normalized spacial score (nSPS) is 14.8. The minimum atomic E-state index is -1.03. The Morgan fingerprint density at radius 1 is 1.23 bits per heavy atom. The average Bonchev–Trinajstić information content (AvgIpc) is 3.40. The summed E-state index contributed by atoms with van der Waals surface area (Å²) in [5.41, 5.74) is 0.949. The molecule has 0 atom stereocenters. The van der Waals surface area contributed by atoms with Crippen molar-refractivity contribution in [3.05, 3.63) is 47.2 Å². The number of nitrogens with one attached hydrogen (secondary N) is 1. The highest BCUT2D eigenvalue weighted by Crippen LogP contribution is 2.32. The van der Waals surface area contributed by atoms with Crippen LogP contribution >= 0.6 is 11.8 Å². The van der Waals surface area contributed by atoms with Gasteiger partial charge in [0.05, 0.1) is 24.7 Å². The van der Waals surface area contributed by atoms with Gasteiger partial charge in [0.2, 0.25) is 5.16 Å². The second-order valence-corrected chi connectivity index (χ2v) is 7.33. The van der Waals surface area contributed by atoms with Crippen molar-refractivity contribution in [1.82, 2.24) is 20.5 Å². The van der Waals surface area contributed by atoms with E-state index in [0.29, 0.717) is 43.0 Å². The molecule has 0 radical (unpaired) electrons. The van der Waals surface area contributed by atoms with Crippen LogP contribution in [0.3, 0.4) is 0 Å². The fraction of sp³-hybridized carbons (Fsp3) is 0.278. The number of hydroxylamine groups is 1. The number of ether oxygens (including phenoxy) is 1. The number of benzene rings is 1. The van der Waals surface area contributed by atoms with E-state index in [4.69, 9.17) is 18.9 Å². The summed E-state index contributed by atoms with van der Waals surface area (Å²) in [5.74, 6) is -1.91. The second kappa shape index (κ2) is 8.92. The molecule has 1 aliphatic heterocycles. The number of halogens is 2. The largest absolute Gasteiger partial charge is 0.455 e. The van der Waals surface area contributed by atoms with Crippen LogP contribution in [0, 0.1) is 11.6 Å². The van der Waals surface area contributed by atoms with Gasteiger partial charge < -0.3 is 13.7 Å². The van der Waals surface area contributed by atoms with Gasteiger partial charge in [-0.2, -0.15) is 4.98 Å². The zero-order valence-corrected chi connectivity index (χ0v) is 16.2. The molecule has 0 spiro atoms. The second-order valence-electron chi connectivity index (χ2n) is 6.35. The lowest BCUT2D eigenvalue weighted by Gasteiger charge is -2.25. The lowest BCUT2D eigenvalue weighted by atomic mass is 10.2. The van der Waals surface area contributed by atoms with Gasteiger partial charge in [-0.3, -0.25) is 14.9 Å².